The molecule has 0 saturated heterocycles. The van der Waals surface area contributed by atoms with E-state index >= 15 is 0 Å². The lowest BCUT2D eigenvalue weighted by Crippen LogP contribution is -2.32. The molecule has 0 N–H and O–H groups in total. The van der Waals surface area contributed by atoms with Gasteiger partial charge in [0.1, 0.15) is 5.78 Å². The van der Waals surface area contributed by atoms with E-state index in [9.17, 15) is 4.79 Å². The van der Waals surface area contributed by atoms with Crippen LogP contribution in [0.3, 0.4) is 0 Å². The molecule has 0 amide bonds. The Kier molecular flexibility index (Phi) is 2.52. The maximum absolute atomic E-state index is 11.3. The molecule has 2 fully saturated rings. The van der Waals surface area contributed by atoms with Crippen molar-refractivity contribution in [3.05, 3.63) is 35.9 Å². The SMILES string of the molecule is O=C1CC2CC(OCc3ccccc3)CC12. The number of ether oxygens (including phenoxy) is 1. The van der Waals surface area contributed by atoms with Crippen LogP contribution in [0.5, 0.6) is 0 Å². The van der Waals surface area contributed by atoms with E-state index in [1.165, 1.54) is 5.56 Å². The molecule has 0 aromatic heterocycles. The molecule has 3 rings (SSSR count). The minimum Gasteiger partial charge on any atom is -0.374 e. The van der Waals surface area contributed by atoms with Crippen molar-refractivity contribution in [1.82, 2.24) is 0 Å². The summed E-state index contributed by atoms with van der Waals surface area (Å²) in [6.45, 7) is 0.680. The van der Waals surface area contributed by atoms with Crippen molar-refractivity contribution in [1.29, 1.82) is 0 Å². The molecule has 3 unspecified atom stereocenters. The lowest BCUT2D eigenvalue weighted by Gasteiger charge is -2.27. The highest BCUT2D eigenvalue weighted by Crippen LogP contribution is 2.45. The van der Waals surface area contributed by atoms with Crippen LogP contribution in [0.2, 0.25) is 0 Å². The fraction of sp³-hybridized carbons (Fsp3) is 0.500. The normalized spacial score (nSPS) is 32.2. The van der Waals surface area contributed by atoms with E-state index in [1.54, 1.807) is 0 Å². The molecule has 0 spiro atoms. The fourth-order valence-corrected chi connectivity index (χ4v) is 2.87. The summed E-state index contributed by atoms with van der Waals surface area (Å²) in [6.07, 6.45) is 3.15. The first kappa shape index (κ1) is 10.0. The first-order chi connectivity index (χ1) is 7.83. The Bertz CT molecular complexity index is 385. The number of carbonyl (C=O) groups is 1. The highest BCUT2D eigenvalue weighted by Gasteiger charge is 2.47. The van der Waals surface area contributed by atoms with E-state index in [0.717, 1.165) is 19.3 Å². The Hall–Kier alpha value is -1.15. The number of rotatable bonds is 3. The topological polar surface area (TPSA) is 26.3 Å². The van der Waals surface area contributed by atoms with Crippen LogP contribution in [0.4, 0.5) is 0 Å². The third kappa shape index (κ3) is 1.78. The minimum atomic E-state index is 0.307. The summed E-state index contributed by atoms with van der Waals surface area (Å²) in [5.74, 6) is 1.42. The number of carbonyl (C=O) groups excluding carboxylic acids is 1. The van der Waals surface area contributed by atoms with Gasteiger partial charge in [0.2, 0.25) is 0 Å². The molecule has 2 heteroatoms. The predicted molar refractivity (Wildman–Crippen MR) is 60.9 cm³/mol. The summed E-state index contributed by atoms with van der Waals surface area (Å²) in [4.78, 5) is 11.3. The highest BCUT2D eigenvalue weighted by molar-refractivity contribution is 5.87. The molecule has 0 aliphatic heterocycles. The standard InChI is InChI=1S/C14H16O2/c15-14-7-11-6-12(8-13(11)14)16-9-10-4-2-1-3-5-10/h1-5,11-13H,6-9H2. The molecule has 2 aliphatic rings. The van der Waals surface area contributed by atoms with Crippen molar-refractivity contribution < 1.29 is 9.53 Å². The van der Waals surface area contributed by atoms with Crippen LogP contribution in [0.1, 0.15) is 24.8 Å². The summed E-state index contributed by atoms with van der Waals surface area (Å²) < 4.78 is 5.87. The molecule has 3 atom stereocenters. The fourth-order valence-electron chi connectivity index (χ4n) is 2.87. The van der Waals surface area contributed by atoms with Crippen molar-refractivity contribution in [2.75, 3.05) is 0 Å². The van der Waals surface area contributed by atoms with Crippen molar-refractivity contribution >= 4 is 5.78 Å². The van der Waals surface area contributed by atoms with Crippen molar-refractivity contribution in [3.63, 3.8) is 0 Å². The number of hydrogen-bond donors (Lipinski definition) is 0. The van der Waals surface area contributed by atoms with Crippen molar-refractivity contribution in [2.24, 2.45) is 11.8 Å². The molecule has 84 valence electrons. The average Bonchev–Trinajstić information content (AvgIpc) is 2.65. The zero-order valence-electron chi connectivity index (χ0n) is 9.26. The van der Waals surface area contributed by atoms with Crippen LogP contribution < -0.4 is 0 Å². The first-order valence-electron chi connectivity index (χ1n) is 6.01. The van der Waals surface area contributed by atoms with Crippen LogP contribution in [-0.2, 0) is 16.1 Å². The molecule has 1 aromatic carbocycles. The van der Waals surface area contributed by atoms with E-state index < -0.39 is 0 Å². The van der Waals surface area contributed by atoms with Crippen LogP contribution >= 0.6 is 0 Å². The molecular formula is C14H16O2. The Morgan fingerprint density at radius 3 is 2.69 bits per heavy atom. The zero-order valence-corrected chi connectivity index (χ0v) is 9.26. The molecule has 16 heavy (non-hydrogen) atoms. The van der Waals surface area contributed by atoms with Crippen molar-refractivity contribution in [3.8, 4) is 0 Å². The van der Waals surface area contributed by atoms with Crippen LogP contribution in [0, 0.1) is 11.8 Å². The molecule has 0 bridgehead atoms. The van der Waals surface area contributed by atoms with Gasteiger partial charge < -0.3 is 4.74 Å². The molecule has 1 aromatic rings. The molecule has 0 radical (unpaired) electrons. The van der Waals surface area contributed by atoms with Gasteiger partial charge in [-0.05, 0) is 24.3 Å². The number of benzene rings is 1. The Morgan fingerprint density at radius 1 is 1.19 bits per heavy atom. The van der Waals surface area contributed by atoms with E-state index in [2.05, 4.69) is 12.1 Å². The summed E-state index contributed by atoms with van der Waals surface area (Å²) in [5, 5.41) is 0. The van der Waals surface area contributed by atoms with E-state index in [4.69, 9.17) is 4.74 Å². The van der Waals surface area contributed by atoms with Gasteiger partial charge >= 0.3 is 0 Å². The smallest absolute Gasteiger partial charge is 0.136 e. The number of hydrogen-bond acceptors (Lipinski definition) is 2. The largest absolute Gasteiger partial charge is 0.374 e. The third-order valence-corrected chi connectivity index (χ3v) is 3.86. The maximum Gasteiger partial charge on any atom is 0.136 e. The van der Waals surface area contributed by atoms with Gasteiger partial charge in [0.15, 0.2) is 0 Å². The van der Waals surface area contributed by atoms with Gasteiger partial charge in [0.05, 0.1) is 12.7 Å². The number of ketones is 1. The van der Waals surface area contributed by atoms with Gasteiger partial charge in [-0.15, -0.1) is 0 Å². The van der Waals surface area contributed by atoms with Crippen LogP contribution in [0.15, 0.2) is 30.3 Å². The second kappa shape index (κ2) is 4.02. The second-order valence-corrected chi connectivity index (χ2v) is 4.93. The molecule has 2 aliphatic carbocycles. The quantitative estimate of drug-likeness (QED) is 0.776. The van der Waals surface area contributed by atoms with Gasteiger partial charge in [-0.2, -0.15) is 0 Å². The van der Waals surface area contributed by atoms with Gasteiger partial charge in [-0.3, -0.25) is 4.79 Å². The van der Waals surface area contributed by atoms with Gasteiger partial charge in [-0.1, -0.05) is 30.3 Å². The summed E-state index contributed by atoms with van der Waals surface area (Å²) in [5.41, 5.74) is 1.22. The van der Waals surface area contributed by atoms with E-state index in [-0.39, 0.29) is 0 Å². The van der Waals surface area contributed by atoms with Gasteiger partial charge in [0, 0.05) is 12.3 Å². The third-order valence-electron chi connectivity index (χ3n) is 3.86. The Labute approximate surface area is 95.6 Å². The molecule has 0 heterocycles. The maximum atomic E-state index is 11.3. The Balaban J connectivity index is 1.52. The lowest BCUT2D eigenvalue weighted by molar-refractivity contribution is -0.132. The molecule has 2 saturated carbocycles. The molecular weight excluding hydrogens is 200 g/mol. The Morgan fingerprint density at radius 2 is 2.00 bits per heavy atom. The van der Waals surface area contributed by atoms with Crippen LogP contribution in [-0.4, -0.2) is 11.9 Å². The lowest BCUT2D eigenvalue weighted by atomic mass is 9.75. The van der Waals surface area contributed by atoms with Gasteiger partial charge in [-0.25, -0.2) is 0 Å². The first-order valence-corrected chi connectivity index (χ1v) is 6.01. The van der Waals surface area contributed by atoms with Crippen molar-refractivity contribution in [2.45, 2.75) is 32.0 Å². The monoisotopic (exact) mass is 216 g/mol. The number of fused-ring (bicyclic) bond motifs is 1. The summed E-state index contributed by atoms with van der Waals surface area (Å²) in [7, 11) is 0. The van der Waals surface area contributed by atoms with Crippen LogP contribution in [0.25, 0.3) is 0 Å². The minimum absolute atomic E-state index is 0.307. The summed E-state index contributed by atoms with van der Waals surface area (Å²) >= 11 is 0. The predicted octanol–water partition coefficient (Wildman–Crippen LogP) is 2.57. The van der Waals surface area contributed by atoms with Gasteiger partial charge in [0.25, 0.3) is 0 Å². The zero-order chi connectivity index (χ0) is 11.0. The van der Waals surface area contributed by atoms with E-state index in [1.807, 2.05) is 18.2 Å². The van der Waals surface area contributed by atoms with E-state index in [0.29, 0.717) is 30.3 Å². The average molecular weight is 216 g/mol. The second-order valence-electron chi connectivity index (χ2n) is 4.93. The summed E-state index contributed by atoms with van der Waals surface area (Å²) in [6, 6.07) is 10.2. The molecule has 2 nitrogen and oxygen atoms in total. The number of Topliss-reactive ketones (excluding diaryl/α,β-unsaturated/α-hetero) is 1. The highest BCUT2D eigenvalue weighted by atomic mass is 16.5.